The highest BCUT2D eigenvalue weighted by Gasteiger charge is 2.27. The number of benzene rings is 1. The zero-order valence-electron chi connectivity index (χ0n) is 16.2. The zero-order chi connectivity index (χ0) is 20.9. The summed E-state index contributed by atoms with van der Waals surface area (Å²) < 4.78 is 26.2. The first-order valence-corrected chi connectivity index (χ1v) is 10.5. The van der Waals surface area contributed by atoms with E-state index < -0.39 is 27.9 Å². The molecule has 1 aliphatic rings. The van der Waals surface area contributed by atoms with Gasteiger partial charge in [0, 0.05) is 23.7 Å². The molecule has 3 amide bonds. The maximum absolute atomic E-state index is 11.9. The third-order valence-corrected chi connectivity index (χ3v) is 4.75. The van der Waals surface area contributed by atoms with Gasteiger partial charge in [-0.1, -0.05) is 45.9 Å². The van der Waals surface area contributed by atoms with E-state index in [1.807, 2.05) is 27.7 Å². The summed E-state index contributed by atoms with van der Waals surface area (Å²) in [5, 5.41) is 4.61. The number of rotatable bonds is 6. The Hall–Kier alpha value is -2.26. The van der Waals surface area contributed by atoms with Crippen LogP contribution < -0.4 is 15.4 Å². The fraction of sp³-hybridized carbons (Fsp3) is 0.500. The van der Waals surface area contributed by atoms with Gasteiger partial charge in [-0.3, -0.25) is 19.7 Å². The molecule has 0 aromatic heterocycles. The van der Waals surface area contributed by atoms with Gasteiger partial charge < -0.3 is 5.32 Å². The van der Waals surface area contributed by atoms with E-state index in [1.165, 1.54) is 12.1 Å². The predicted octanol–water partition coefficient (Wildman–Crippen LogP) is 2.07. The lowest BCUT2D eigenvalue weighted by Gasteiger charge is -2.21. The van der Waals surface area contributed by atoms with Gasteiger partial charge in [0.2, 0.25) is 27.7 Å². The van der Waals surface area contributed by atoms with E-state index in [0.717, 1.165) is 0 Å². The number of sulfonamides is 1. The van der Waals surface area contributed by atoms with Crippen LogP contribution in [0.3, 0.4) is 0 Å². The van der Waals surface area contributed by atoms with E-state index in [1.54, 1.807) is 18.2 Å². The van der Waals surface area contributed by atoms with Crippen LogP contribution in [-0.4, -0.2) is 38.7 Å². The number of carbonyl (C=O) groups excluding carboxylic acids is 3. The average molecular weight is 406 g/mol. The van der Waals surface area contributed by atoms with Crippen LogP contribution in [0.25, 0.3) is 0 Å². The summed E-state index contributed by atoms with van der Waals surface area (Å²) in [5.74, 6) is -1.37. The van der Waals surface area contributed by atoms with E-state index in [4.69, 9.17) is 0 Å². The highest BCUT2D eigenvalue weighted by Crippen LogP contribution is 2.07. The van der Waals surface area contributed by atoms with Gasteiger partial charge in [0.1, 0.15) is 6.04 Å². The van der Waals surface area contributed by atoms with Crippen molar-refractivity contribution in [1.29, 1.82) is 0 Å². The van der Waals surface area contributed by atoms with Crippen LogP contribution in [0, 0.1) is 0 Å². The molecule has 1 aromatic rings. The van der Waals surface area contributed by atoms with Crippen LogP contribution in [0.15, 0.2) is 35.2 Å². The number of imide groups is 1. The molecule has 1 saturated heterocycles. The number of hydrogen-bond acceptors (Lipinski definition) is 5. The number of hydrogen-bond donors (Lipinski definition) is 3. The average Bonchev–Trinajstić information content (AvgIpc) is 2.68. The van der Waals surface area contributed by atoms with Crippen molar-refractivity contribution in [3.63, 3.8) is 0 Å². The molecule has 8 nitrogen and oxygen atoms in total. The number of carbonyl (C=O) groups is 3. The highest BCUT2D eigenvalue weighted by molar-refractivity contribution is 7.89. The SMILES string of the molecule is CC.CC.O=C1CCC(NC(=O)CCNS(=O)(=O)c2ccccc2)C(=O)N1.[HH].[HH].[HH]. The van der Waals surface area contributed by atoms with Gasteiger partial charge in [-0.25, -0.2) is 13.1 Å². The maximum Gasteiger partial charge on any atom is 0.249 e. The first-order valence-electron chi connectivity index (χ1n) is 9.06. The molecule has 0 bridgehead atoms. The standard InChI is InChI=1S/C14H17N3O5S.2C2H6.3H2/c18-12-7-6-11(14(20)17-12)16-13(19)8-9-15-23(21,22)10-4-2-1-3-5-10;2*1-2;;;/h1-5,11,15H,6-9H2,(H,16,19)(H,17,18,20);2*1-2H3;3*1H. The smallest absolute Gasteiger partial charge is 0.249 e. The number of amides is 3. The lowest BCUT2D eigenvalue weighted by molar-refractivity contribution is -0.137. The molecule has 2 rings (SSSR count). The van der Waals surface area contributed by atoms with Crippen LogP contribution in [0.2, 0.25) is 0 Å². The molecule has 27 heavy (non-hydrogen) atoms. The summed E-state index contributed by atoms with van der Waals surface area (Å²) in [6.45, 7) is 7.91. The predicted molar refractivity (Wildman–Crippen MR) is 110 cm³/mol. The maximum atomic E-state index is 11.9. The second-order valence-corrected chi connectivity index (χ2v) is 6.80. The second kappa shape index (κ2) is 13.0. The van der Waals surface area contributed by atoms with Crippen LogP contribution in [0.5, 0.6) is 0 Å². The quantitative estimate of drug-likeness (QED) is 0.626. The Morgan fingerprint density at radius 1 is 1.15 bits per heavy atom. The normalized spacial score (nSPS) is 16.1. The van der Waals surface area contributed by atoms with Gasteiger partial charge in [0.25, 0.3) is 0 Å². The highest BCUT2D eigenvalue weighted by atomic mass is 32.2. The minimum Gasteiger partial charge on any atom is -0.344 e. The van der Waals surface area contributed by atoms with E-state index in [0.29, 0.717) is 0 Å². The van der Waals surface area contributed by atoms with Crippen LogP contribution in [0.1, 0.15) is 51.2 Å². The Morgan fingerprint density at radius 3 is 2.30 bits per heavy atom. The molecule has 1 atom stereocenters. The van der Waals surface area contributed by atoms with Gasteiger partial charge in [0.15, 0.2) is 0 Å². The van der Waals surface area contributed by atoms with Gasteiger partial charge in [-0.15, -0.1) is 0 Å². The fourth-order valence-electron chi connectivity index (χ4n) is 2.08. The van der Waals surface area contributed by atoms with Gasteiger partial charge in [-0.05, 0) is 18.6 Å². The topological polar surface area (TPSA) is 121 Å². The van der Waals surface area contributed by atoms with Crippen LogP contribution in [0.4, 0.5) is 0 Å². The molecule has 1 heterocycles. The molecule has 0 aliphatic carbocycles. The minimum atomic E-state index is -3.66. The summed E-state index contributed by atoms with van der Waals surface area (Å²) >= 11 is 0. The minimum absolute atomic E-state index is 0. The third kappa shape index (κ3) is 8.78. The zero-order valence-corrected chi connectivity index (χ0v) is 17.1. The van der Waals surface area contributed by atoms with Crippen LogP contribution >= 0.6 is 0 Å². The molecule has 158 valence electrons. The number of piperidine rings is 1. The van der Waals surface area contributed by atoms with Crippen molar-refractivity contribution >= 4 is 27.7 Å². The fourth-order valence-corrected chi connectivity index (χ4v) is 3.13. The first kappa shape index (κ1) is 24.7. The third-order valence-electron chi connectivity index (χ3n) is 3.27. The molecule has 1 unspecified atom stereocenters. The molecule has 3 N–H and O–H groups in total. The van der Waals surface area contributed by atoms with Gasteiger partial charge in [-0.2, -0.15) is 0 Å². The van der Waals surface area contributed by atoms with Gasteiger partial charge in [0.05, 0.1) is 4.90 Å². The monoisotopic (exact) mass is 405 g/mol. The second-order valence-electron chi connectivity index (χ2n) is 5.03. The lowest BCUT2D eigenvalue weighted by Crippen LogP contribution is -2.52. The molecule has 0 saturated carbocycles. The van der Waals surface area contributed by atoms with Crippen molar-refractivity contribution in [2.75, 3.05) is 6.54 Å². The summed E-state index contributed by atoms with van der Waals surface area (Å²) in [6, 6.07) is 7.05. The van der Waals surface area contributed by atoms with Gasteiger partial charge >= 0.3 is 0 Å². The van der Waals surface area contributed by atoms with Crippen molar-refractivity contribution in [1.82, 2.24) is 15.4 Å². The lowest BCUT2D eigenvalue weighted by atomic mass is 10.1. The number of nitrogens with one attached hydrogen (secondary N) is 3. The van der Waals surface area contributed by atoms with E-state index >= 15 is 0 Å². The molecular formula is C18H35N3O5S. The molecule has 1 aromatic carbocycles. The summed E-state index contributed by atoms with van der Waals surface area (Å²) in [7, 11) is -3.66. The summed E-state index contributed by atoms with van der Waals surface area (Å²) in [5.41, 5.74) is 0. The first-order chi connectivity index (χ1) is 12.9. The van der Waals surface area contributed by atoms with E-state index in [9.17, 15) is 22.8 Å². The molecule has 9 heteroatoms. The van der Waals surface area contributed by atoms with Crippen LogP contribution in [-0.2, 0) is 24.4 Å². The van der Waals surface area contributed by atoms with Crippen molar-refractivity contribution in [2.45, 2.75) is 57.9 Å². The Kier molecular flexibility index (Phi) is 11.9. The molecule has 0 radical (unpaired) electrons. The van der Waals surface area contributed by atoms with Crippen molar-refractivity contribution < 1.29 is 27.1 Å². The van der Waals surface area contributed by atoms with Crippen molar-refractivity contribution in [3.05, 3.63) is 30.3 Å². The Labute approximate surface area is 165 Å². The molecule has 1 aliphatic heterocycles. The Balaban J connectivity index is -0.000000455. The summed E-state index contributed by atoms with van der Waals surface area (Å²) in [4.78, 5) is 34.4. The molecule has 1 fully saturated rings. The molecular weight excluding hydrogens is 370 g/mol. The Morgan fingerprint density at radius 2 is 1.74 bits per heavy atom. The summed E-state index contributed by atoms with van der Waals surface area (Å²) in [6.07, 6.45) is 0.299. The van der Waals surface area contributed by atoms with E-state index in [2.05, 4.69) is 15.4 Å². The largest absolute Gasteiger partial charge is 0.344 e. The van der Waals surface area contributed by atoms with Crippen molar-refractivity contribution in [3.8, 4) is 0 Å². The Bertz CT molecular complexity index is 719. The van der Waals surface area contributed by atoms with E-state index in [-0.39, 0.29) is 40.9 Å². The molecule has 0 spiro atoms. The van der Waals surface area contributed by atoms with Crippen molar-refractivity contribution in [2.24, 2.45) is 0 Å².